The summed E-state index contributed by atoms with van der Waals surface area (Å²) in [6, 6.07) is 0. The predicted molar refractivity (Wildman–Crippen MR) is 67.9 cm³/mol. The molecule has 18 heavy (non-hydrogen) atoms. The lowest BCUT2D eigenvalue weighted by Gasteiger charge is -2.65. The Morgan fingerprint density at radius 1 is 1.61 bits per heavy atom. The molecule has 2 fully saturated rings. The van der Waals surface area contributed by atoms with E-state index in [9.17, 15) is 9.90 Å². The first kappa shape index (κ1) is 13.8. The molecule has 4 N–H and O–H groups in total. The summed E-state index contributed by atoms with van der Waals surface area (Å²) in [5, 5.41) is 12.0. The number of hydrogen-bond acceptors (Lipinski definition) is 4. The highest BCUT2D eigenvalue weighted by Crippen LogP contribution is 2.57. The number of fused-ring (bicyclic) bond motifs is 1. The molecule has 0 aromatic carbocycles. The number of nitrogens with two attached hydrogens (primary N) is 1. The predicted octanol–water partition coefficient (Wildman–Crippen LogP) is 0.0159. The Morgan fingerprint density at radius 2 is 2.28 bits per heavy atom. The van der Waals surface area contributed by atoms with Gasteiger partial charge in [0.05, 0.1) is 12.2 Å². The Morgan fingerprint density at radius 3 is 2.89 bits per heavy atom. The van der Waals surface area contributed by atoms with Crippen LogP contribution in [0.4, 0.5) is 0 Å². The van der Waals surface area contributed by atoms with E-state index in [1.807, 2.05) is 13.8 Å². The van der Waals surface area contributed by atoms with Crippen LogP contribution in [-0.2, 0) is 9.53 Å². The molecule has 0 aromatic rings. The van der Waals surface area contributed by atoms with Gasteiger partial charge >= 0.3 is 0 Å². The highest BCUT2D eigenvalue weighted by Gasteiger charge is 2.70. The largest absolute Gasteiger partial charge is 0.392 e. The standard InChI is InChI=1S/C13H24N2O3/c1-8(16)7-15-11(17)13(14)9-5-4-6-18-10(9)12(13,2)3/h8-10,16H,4-7,14H2,1-3H3,(H,15,17)/t8-,9?,10?,13?/m1/s1. The molecular formula is C13H24N2O3. The molecule has 4 atom stereocenters. The highest BCUT2D eigenvalue weighted by molar-refractivity contribution is 5.89. The maximum absolute atomic E-state index is 12.3. The number of carbonyl (C=O) groups is 1. The maximum atomic E-state index is 12.3. The number of hydrogen-bond donors (Lipinski definition) is 3. The summed E-state index contributed by atoms with van der Waals surface area (Å²) in [7, 11) is 0. The molecule has 2 aliphatic rings. The molecule has 1 saturated heterocycles. The van der Waals surface area contributed by atoms with E-state index in [-0.39, 0.29) is 29.9 Å². The van der Waals surface area contributed by atoms with Crippen LogP contribution in [0.25, 0.3) is 0 Å². The van der Waals surface area contributed by atoms with Gasteiger partial charge in [-0.3, -0.25) is 4.79 Å². The van der Waals surface area contributed by atoms with E-state index in [1.54, 1.807) is 6.92 Å². The molecule has 1 aliphatic heterocycles. The van der Waals surface area contributed by atoms with Crippen molar-refractivity contribution in [1.82, 2.24) is 5.32 Å². The van der Waals surface area contributed by atoms with E-state index >= 15 is 0 Å². The average Bonchev–Trinajstić information content (AvgIpc) is 2.34. The first-order chi connectivity index (χ1) is 8.31. The Hall–Kier alpha value is -0.650. The van der Waals surface area contributed by atoms with Crippen LogP contribution in [0.1, 0.15) is 33.6 Å². The van der Waals surface area contributed by atoms with Gasteiger partial charge in [-0.15, -0.1) is 0 Å². The van der Waals surface area contributed by atoms with Gasteiger partial charge < -0.3 is 20.9 Å². The van der Waals surface area contributed by atoms with E-state index in [1.165, 1.54) is 0 Å². The van der Waals surface area contributed by atoms with E-state index < -0.39 is 11.6 Å². The van der Waals surface area contributed by atoms with Gasteiger partial charge in [-0.05, 0) is 19.8 Å². The van der Waals surface area contributed by atoms with Crippen molar-refractivity contribution in [1.29, 1.82) is 0 Å². The van der Waals surface area contributed by atoms with Crippen molar-refractivity contribution in [2.75, 3.05) is 13.2 Å². The van der Waals surface area contributed by atoms with Crippen LogP contribution in [0.2, 0.25) is 0 Å². The number of amides is 1. The molecule has 104 valence electrons. The summed E-state index contributed by atoms with van der Waals surface area (Å²) in [5.41, 5.74) is 5.15. The summed E-state index contributed by atoms with van der Waals surface area (Å²) in [5.74, 6) is -0.0737. The molecule has 0 spiro atoms. The topological polar surface area (TPSA) is 84.6 Å². The van der Waals surface area contributed by atoms with Gasteiger partial charge in [0.1, 0.15) is 5.54 Å². The van der Waals surface area contributed by atoms with Crippen LogP contribution in [0.3, 0.4) is 0 Å². The zero-order valence-corrected chi connectivity index (χ0v) is 11.4. The molecule has 3 unspecified atom stereocenters. The van der Waals surface area contributed by atoms with Gasteiger partial charge in [-0.25, -0.2) is 0 Å². The van der Waals surface area contributed by atoms with Crippen molar-refractivity contribution in [2.24, 2.45) is 17.1 Å². The van der Waals surface area contributed by atoms with Crippen LogP contribution in [0.5, 0.6) is 0 Å². The van der Waals surface area contributed by atoms with Crippen LogP contribution in [0, 0.1) is 11.3 Å². The average molecular weight is 256 g/mol. The normalized spacial score (nSPS) is 39.4. The summed E-state index contributed by atoms with van der Waals surface area (Å²) >= 11 is 0. The lowest BCUT2D eigenvalue weighted by Crippen LogP contribution is -2.82. The SMILES string of the molecule is C[C@@H](O)CNC(=O)C1(N)C2CCCOC2C1(C)C. The molecule has 1 aliphatic carbocycles. The summed E-state index contributed by atoms with van der Waals surface area (Å²) in [6.07, 6.45) is 1.42. The van der Waals surface area contributed by atoms with Crippen molar-refractivity contribution in [3.05, 3.63) is 0 Å². The number of aliphatic hydroxyl groups excluding tert-OH is 1. The first-order valence-corrected chi connectivity index (χ1v) is 6.68. The van der Waals surface area contributed by atoms with E-state index in [0.29, 0.717) is 0 Å². The van der Waals surface area contributed by atoms with Crippen molar-refractivity contribution in [3.63, 3.8) is 0 Å². The second-order valence-electron chi connectivity index (χ2n) is 6.19. The number of nitrogens with one attached hydrogen (secondary N) is 1. The third-order valence-electron chi connectivity index (χ3n) is 4.62. The van der Waals surface area contributed by atoms with Gasteiger partial charge in [0.2, 0.25) is 5.91 Å². The molecule has 1 saturated carbocycles. The molecule has 0 bridgehead atoms. The Kier molecular flexibility index (Phi) is 3.42. The molecule has 1 heterocycles. The molecular weight excluding hydrogens is 232 g/mol. The Bertz CT molecular complexity index is 343. The van der Waals surface area contributed by atoms with Crippen LogP contribution >= 0.6 is 0 Å². The van der Waals surface area contributed by atoms with Crippen LogP contribution in [0.15, 0.2) is 0 Å². The van der Waals surface area contributed by atoms with Crippen molar-refractivity contribution in [2.45, 2.75) is 51.4 Å². The third-order valence-corrected chi connectivity index (χ3v) is 4.62. The van der Waals surface area contributed by atoms with E-state index in [0.717, 1.165) is 19.4 Å². The second kappa shape index (κ2) is 4.47. The van der Waals surface area contributed by atoms with Crippen molar-refractivity contribution < 1.29 is 14.6 Å². The Labute approximate surface area is 108 Å². The van der Waals surface area contributed by atoms with Gasteiger partial charge in [0, 0.05) is 24.5 Å². The lowest BCUT2D eigenvalue weighted by molar-refractivity contribution is -0.225. The molecule has 5 heteroatoms. The van der Waals surface area contributed by atoms with Gasteiger partial charge in [0.25, 0.3) is 0 Å². The fraction of sp³-hybridized carbons (Fsp3) is 0.923. The molecule has 0 radical (unpaired) electrons. The lowest BCUT2D eigenvalue weighted by atomic mass is 9.46. The highest BCUT2D eigenvalue weighted by atomic mass is 16.5. The quantitative estimate of drug-likeness (QED) is 0.664. The van der Waals surface area contributed by atoms with Gasteiger partial charge in [-0.2, -0.15) is 0 Å². The monoisotopic (exact) mass is 256 g/mol. The number of rotatable bonds is 3. The Balaban J connectivity index is 2.11. The zero-order valence-electron chi connectivity index (χ0n) is 11.4. The van der Waals surface area contributed by atoms with E-state index in [2.05, 4.69) is 5.32 Å². The van der Waals surface area contributed by atoms with Crippen LogP contribution in [-0.4, -0.2) is 41.9 Å². The first-order valence-electron chi connectivity index (χ1n) is 6.68. The molecule has 0 aromatic heterocycles. The van der Waals surface area contributed by atoms with Gasteiger partial charge in [-0.1, -0.05) is 13.8 Å². The summed E-state index contributed by atoms with van der Waals surface area (Å²) in [6.45, 7) is 6.62. The second-order valence-corrected chi connectivity index (χ2v) is 6.19. The molecule has 1 amide bonds. The molecule has 5 nitrogen and oxygen atoms in total. The number of ether oxygens (including phenoxy) is 1. The smallest absolute Gasteiger partial charge is 0.241 e. The molecule has 2 rings (SSSR count). The minimum atomic E-state index is -0.882. The zero-order chi connectivity index (χ0) is 13.6. The number of carbonyl (C=O) groups excluding carboxylic acids is 1. The fourth-order valence-electron chi connectivity index (χ4n) is 3.42. The number of aliphatic hydroxyl groups is 1. The third kappa shape index (κ3) is 1.76. The van der Waals surface area contributed by atoms with Crippen molar-refractivity contribution >= 4 is 5.91 Å². The van der Waals surface area contributed by atoms with E-state index in [4.69, 9.17) is 10.5 Å². The summed E-state index contributed by atoms with van der Waals surface area (Å²) in [4.78, 5) is 12.3. The minimum Gasteiger partial charge on any atom is -0.392 e. The summed E-state index contributed by atoms with van der Waals surface area (Å²) < 4.78 is 5.75. The maximum Gasteiger partial charge on any atom is 0.241 e. The van der Waals surface area contributed by atoms with Gasteiger partial charge in [0.15, 0.2) is 0 Å². The van der Waals surface area contributed by atoms with Crippen LogP contribution < -0.4 is 11.1 Å². The van der Waals surface area contributed by atoms with Crippen molar-refractivity contribution in [3.8, 4) is 0 Å². The minimum absolute atomic E-state index is 0.0774. The fourth-order valence-corrected chi connectivity index (χ4v) is 3.42.